The molecule has 0 aromatic heterocycles. The fourth-order valence-electron chi connectivity index (χ4n) is 3.69. The zero-order chi connectivity index (χ0) is 20.7. The SMILES string of the molecule is CCCCCCCCCCCCCCCC(=O)CCCCCCCC(=O)OC. The third-order valence-electron chi connectivity index (χ3n) is 5.62. The zero-order valence-corrected chi connectivity index (χ0v) is 19.1. The van der Waals surface area contributed by atoms with Crippen molar-refractivity contribution in [2.24, 2.45) is 0 Å². The van der Waals surface area contributed by atoms with Crippen LogP contribution in [0.5, 0.6) is 0 Å². The molecule has 3 heteroatoms. The number of esters is 1. The van der Waals surface area contributed by atoms with Gasteiger partial charge in [-0.2, -0.15) is 0 Å². The van der Waals surface area contributed by atoms with E-state index in [2.05, 4.69) is 11.7 Å². The molecule has 0 aliphatic rings. The predicted octanol–water partition coefficient (Wildman–Crippen LogP) is 7.94. The summed E-state index contributed by atoms with van der Waals surface area (Å²) in [6, 6.07) is 0. The van der Waals surface area contributed by atoms with Crippen LogP contribution in [-0.2, 0) is 14.3 Å². The van der Waals surface area contributed by atoms with Crippen LogP contribution in [0.15, 0.2) is 0 Å². The molecular formula is C25H48O3. The molecule has 0 unspecified atom stereocenters. The standard InChI is InChI=1S/C25H48O3/c1-3-4-5-6-7-8-9-10-11-12-13-15-18-21-24(26)22-19-16-14-17-20-23-25(27)28-2/h3-23H2,1-2H3. The summed E-state index contributed by atoms with van der Waals surface area (Å²) in [6.07, 6.45) is 24.8. The predicted molar refractivity (Wildman–Crippen MR) is 120 cm³/mol. The van der Waals surface area contributed by atoms with Crippen LogP contribution in [0, 0.1) is 0 Å². The Morgan fingerprint density at radius 1 is 0.500 bits per heavy atom. The number of ether oxygens (including phenoxy) is 1. The van der Waals surface area contributed by atoms with Crippen molar-refractivity contribution in [2.75, 3.05) is 7.11 Å². The number of rotatable bonds is 22. The molecular weight excluding hydrogens is 348 g/mol. The Balaban J connectivity index is 3.18. The molecule has 0 N–H and O–H groups in total. The van der Waals surface area contributed by atoms with Crippen molar-refractivity contribution in [1.29, 1.82) is 0 Å². The van der Waals surface area contributed by atoms with Gasteiger partial charge in [0.2, 0.25) is 0 Å². The van der Waals surface area contributed by atoms with Gasteiger partial charge in [-0.15, -0.1) is 0 Å². The Labute approximate surface area is 175 Å². The normalized spacial score (nSPS) is 10.9. The Morgan fingerprint density at radius 2 is 0.821 bits per heavy atom. The number of ketones is 1. The van der Waals surface area contributed by atoms with E-state index in [1.165, 1.54) is 84.2 Å². The first-order valence-corrected chi connectivity index (χ1v) is 12.3. The fraction of sp³-hybridized carbons (Fsp3) is 0.920. The second kappa shape index (κ2) is 22.4. The highest BCUT2D eigenvalue weighted by molar-refractivity contribution is 5.78. The molecule has 0 bridgehead atoms. The van der Waals surface area contributed by atoms with E-state index in [4.69, 9.17) is 0 Å². The summed E-state index contributed by atoms with van der Waals surface area (Å²) in [5, 5.41) is 0. The zero-order valence-electron chi connectivity index (χ0n) is 19.1. The van der Waals surface area contributed by atoms with E-state index in [-0.39, 0.29) is 5.97 Å². The molecule has 0 spiro atoms. The van der Waals surface area contributed by atoms with E-state index in [1.807, 2.05) is 0 Å². The summed E-state index contributed by atoms with van der Waals surface area (Å²) >= 11 is 0. The van der Waals surface area contributed by atoms with E-state index < -0.39 is 0 Å². The van der Waals surface area contributed by atoms with E-state index in [1.54, 1.807) is 0 Å². The summed E-state index contributed by atoms with van der Waals surface area (Å²) < 4.78 is 4.62. The number of methoxy groups -OCH3 is 1. The second-order valence-corrected chi connectivity index (χ2v) is 8.38. The van der Waals surface area contributed by atoms with Crippen molar-refractivity contribution < 1.29 is 14.3 Å². The molecule has 0 atom stereocenters. The maximum Gasteiger partial charge on any atom is 0.305 e. The summed E-state index contributed by atoms with van der Waals surface area (Å²) in [6.45, 7) is 2.27. The molecule has 3 nitrogen and oxygen atoms in total. The van der Waals surface area contributed by atoms with Crippen LogP contribution in [0.25, 0.3) is 0 Å². The molecule has 0 amide bonds. The second-order valence-electron chi connectivity index (χ2n) is 8.38. The van der Waals surface area contributed by atoms with Crippen LogP contribution >= 0.6 is 0 Å². The first-order chi connectivity index (χ1) is 13.7. The van der Waals surface area contributed by atoms with Gasteiger partial charge in [0.05, 0.1) is 7.11 Å². The molecule has 28 heavy (non-hydrogen) atoms. The minimum absolute atomic E-state index is 0.118. The van der Waals surface area contributed by atoms with Gasteiger partial charge in [-0.3, -0.25) is 9.59 Å². The topological polar surface area (TPSA) is 43.4 Å². The molecule has 0 rings (SSSR count). The number of hydrogen-bond acceptors (Lipinski definition) is 3. The highest BCUT2D eigenvalue weighted by atomic mass is 16.5. The third-order valence-corrected chi connectivity index (χ3v) is 5.62. The van der Waals surface area contributed by atoms with Crippen LogP contribution in [0.1, 0.15) is 142 Å². The molecule has 0 heterocycles. The van der Waals surface area contributed by atoms with Gasteiger partial charge in [0, 0.05) is 19.3 Å². The lowest BCUT2D eigenvalue weighted by Gasteiger charge is -2.04. The van der Waals surface area contributed by atoms with E-state index >= 15 is 0 Å². The summed E-state index contributed by atoms with van der Waals surface area (Å²) in [5.41, 5.74) is 0. The summed E-state index contributed by atoms with van der Waals surface area (Å²) in [5.74, 6) is 0.325. The molecule has 0 aromatic carbocycles. The van der Waals surface area contributed by atoms with Gasteiger partial charge in [-0.1, -0.05) is 103 Å². The van der Waals surface area contributed by atoms with Gasteiger partial charge in [0.1, 0.15) is 5.78 Å². The summed E-state index contributed by atoms with van der Waals surface area (Å²) in [7, 11) is 1.44. The molecule has 0 saturated carbocycles. The molecule has 0 saturated heterocycles. The van der Waals surface area contributed by atoms with E-state index in [9.17, 15) is 9.59 Å². The van der Waals surface area contributed by atoms with Crippen molar-refractivity contribution in [2.45, 2.75) is 142 Å². The number of carbonyl (C=O) groups excluding carboxylic acids is 2. The Morgan fingerprint density at radius 3 is 1.18 bits per heavy atom. The van der Waals surface area contributed by atoms with Crippen LogP contribution in [0.4, 0.5) is 0 Å². The highest BCUT2D eigenvalue weighted by Crippen LogP contribution is 2.14. The van der Waals surface area contributed by atoms with Crippen molar-refractivity contribution in [3.63, 3.8) is 0 Å². The minimum atomic E-state index is -0.118. The quantitative estimate of drug-likeness (QED) is 0.138. The number of carbonyl (C=O) groups is 2. The summed E-state index contributed by atoms with van der Waals surface area (Å²) in [4.78, 5) is 22.9. The van der Waals surface area contributed by atoms with Crippen molar-refractivity contribution in [3.05, 3.63) is 0 Å². The minimum Gasteiger partial charge on any atom is -0.469 e. The van der Waals surface area contributed by atoms with Crippen LogP contribution in [0.3, 0.4) is 0 Å². The lowest BCUT2D eigenvalue weighted by atomic mass is 10.0. The third kappa shape index (κ3) is 21.4. The lowest BCUT2D eigenvalue weighted by Crippen LogP contribution is -1.99. The Bertz CT molecular complexity index is 352. The van der Waals surface area contributed by atoms with Gasteiger partial charge in [0.25, 0.3) is 0 Å². The van der Waals surface area contributed by atoms with E-state index in [0.29, 0.717) is 12.2 Å². The van der Waals surface area contributed by atoms with Crippen molar-refractivity contribution >= 4 is 11.8 Å². The average Bonchev–Trinajstić information content (AvgIpc) is 2.70. The van der Waals surface area contributed by atoms with Crippen molar-refractivity contribution in [3.8, 4) is 0 Å². The van der Waals surface area contributed by atoms with Crippen LogP contribution in [0.2, 0.25) is 0 Å². The van der Waals surface area contributed by atoms with Gasteiger partial charge >= 0.3 is 5.97 Å². The largest absolute Gasteiger partial charge is 0.469 e. The Kier molecular flexibility index (Phi) is 21.7. The molecule has 0 radical (unpaired) electrons. The molecule has 0 fully saturated rings. The number of hydrogen-bond donors (Lipinski definition) is 0. The van der Waals surface area contributed by atoms with Crippen molar-refractivity contribution in [1.82, 2.24) is 0 Å². The molecule has 0 aliphatic carbocycles. The number of Topliss-reactive ketones (excluding diaryl/α,β-unsaturated/α-hetero) is 1. The maximum atomic E-state index is 11.9. The number of unbranched alkanes of at least 4 members (excludes halogenated alkanes) is 16. The monoisotopic (exact) mass is 396 g/mol. The molecule has 0 aromatic rings. The highest BCUT2D eigenvalue weighted by Gasteiger charge is 2.03. The van der Waals surface area contributed by atoms with E-state index in [0.717, 1.165) is 51.4 Å². The maximum absolute atomic E-state index is 11.9. The first-order valence-electron chi connectivity index (χ1n) is 12.3. The van der Waals surface area contributed by atoms with Crippen LogP contribution < -0.4 is 0 Å². The lowest BCUT2D eigenvalue weighted by molar-refractivity contribution is -0.140. The van der Waals surface area contributed by atoms with Gasteiger partial charge < -0.3 is 4.74 Å². The van der Waals surface area contributed by atoms with Crippen LogP contribution in [-0.4, -0.2) is 18.9 Å². The molecule has 0 aliphatic heterocycles. The van der Waals surface area contributed by atoms with Gasteiger partial charge in [-0.05, 0) is 19.3 Å². The Hall–Kier alpha value is -0.860. The smallest absolute Gasteiger partial charge is 0.305 e. The fourth-order valence-corrected chi connectivity index (χ4v) is 3.69. The first kappa shape index (κ1) is 27.1. The average molecular weight is 397 g/mol. The van der Waals surface area contributed by atoms with Gasteiger partial charge in [-0.25, -0.2) is 0 Å². The van der Waals surface area contributed by atoms with Gasteiger partial charge in [0.15, 0.2) is 0 Å². The molecule has 166 valence electrons.